The van der Waals surface area contributed by atoms with Crippen LogP contribution in [0.2, 0.25) is 0 Å². The predicted molar refractivity (Wildman–Crippen MR) is 101 cm³/mol. The smallest absolute Gasteiger partial charge is 0.229 e. The van der Waals surface area contributed by atoms with Crippen molar-refractivity contribution >= 4 is 45.8 Å². The fraction of sp³-hybridized carbons (Fsp3) is 0.222. The van der Waals surface area contributed by atoms with Crippen LogP contribution < -0.4 is 15.0 Å². The third-order valence-corrected chi connectivity index (χ3v) is 4.69. The summed E-state index contributed by atoms with van der Waals surface area (Å²) < 4.78 is 6.30. The van der Waals surface area contributed by atoms with Crippen LogP contribution in [0.3, 0.4) is 0 Å². The summed E-state index contributed by atoms with van der Waals surface area (Å²) in [6.45, 7) is 0.377. The van der Waals surface area contributed by atoms with Crippen molar-refractivity contribution in [1.29, 1.82) is 0 Å². The molecule has 3 rings (SSSR count). The number of anilines is 2. The van der Waals surface area contributed by atoms with Gasteiger partial charge in [-0.05, 0) is 59.0 Å². The summed E-state index contributed by atoms with van der Waals surface area (Å²) >= 11 is 2.21. The van der Waals surface area contributed by atoms with Crippen molar-refractivity contribution < 1.29 is 14.3 Å². The molecule has 0 spiro atoms. The van der Waals surface area contributed by atoms with Crippen molar-refractivity contribution in [2.75, 3.05) is 23.9 Å². The molecule has 1 aliphatic rings. The molecule has 0 radical (unpaired) electrons. The average molecular weight is 436 g/mol. The lowest BCUT2D eigenvalue weighted by atomic mass is 10.1. The number of nitrogens with one attached hydrogen (secondary N) is 1. The lowest BCUT2D eigenvalue weighted by Gasteiger charge is -2.17. The maximum atomic E-state index is 12.4. The van der Waals surface area contributed by atoms with E-state index in [1.807, 2.05) is 42.5 Å². The zero-order valence-corrected chi connectivity index (χ0v) is 15.3. The topological polar surface area (TPSA) is 58.6 Å². The van der Waals surface area contributed by atoms with Crippen LogP contribution in [0.25, 0.3) is 0 Å². The first kappa shape index (κ1) is 16.8. The molecule has 24 heavy (non-hydrogen) atoms. The van der Waals surface area contributed by atoms with Gasteiger partial charge >= 0.3 is 0 Å². The van der Waals surface area contributed by atoms with Gasteiger partial charge in [0.25, 0.3) is 0 Å². The zero-order chi connectivity index (χ0) is 17.1. The minimum atomic E-state index is -0.358. The molecule has 2 aromatic rings. The van der Waals surface area contributed by atoms with Gasteiger partial charge in [-0.3, -0.25) is 9.59 Å². The highest BCUT2D eigenvalue weighted by atomic mass is 127. The van der Waals surface area contributed by atoms with Crippen molar-refractivity contribution in [3.8, 4) is 5.75 Å². The molecule has 1 fully saturated rings. The number of amides is 2. The highest BCUT2D eigenvalue weighted by Crippen LogP contribution is 2.28. The third-order valence-electron chi connectivity index (χ3n) is 3.97. The maximum Gasteiger partial charge on any atom is 0.229 e. The molecule has 0 unspecified atom stereocenters. The van der Waals surface area contributed by atoms with Gasteiger partial charge in [0.05, 0.1) is 13.0 Å². The van der Waals surface area contributed by atoms with Crippen LogP contribution in [0.4, 0.5) is 11.4 Å². The van der Waals surface area contributed by atoms with E-state index >= 15 is 0 Å². The Morgan fingerprint density at radius 1 is 1.25 bits per heavy atom. The zero-order valence-electron chi connectivity index (χ0n) is 13.2. The van der Waals surface area contributed by atoms with E-state index in [-0.39, 0.29) is 24.2 Å². The molecule has 6 heteroatoms. The first-order valence-electron chi connectivity index (χ1n) is 7.57. The quantitative estimate of drug-likeness (QED) is 0.749. The van der Waals surface area contributed by atoms with Gasteiger partial charge < -0.3 is 15.0 Å². The van der Waals surface area contributed by atoms with Gasteiger partial charge in [0.15, 0.2) is 0 Å². The minimum absolute atomic E-state index is 0.0500. The Hall–Kier alpha value is -2.09. The van der Waals surface area contributed by atoms with E-state index in [1.165, 1.54) is 0 Å². The second-order valence-corrected chi connectivity index (χ2v) is 6.85. The first-order valence-corrected chi connectivity index (χ1v) is 8.65. The van der Waals surface area contributed by atoms with Crippen LogP contribution in [0.15, 0.2) is 48.5 Å². The largest absolute Gasteiger partial charge is 0.497 e. The van der Waals surface area contributed by atoms with E-state index in [4.69, 9.17) is 4.74 Å². The molecule has 124 valence electrons. The number of carbonyl (C=O) groups is 2. The van der Waals surface area contributed by atoms with Gasteiger partial charge in [0, 0.05) is 34.0 Å². The van der Waals surface area contributed by atoms with E-state index in [0.29, 0.717) is 12.3 Å². The van der Waals surface area contributed by atoms with Gasteiger partial charge in [0.2, 0.25) is 11.8 Å². The Morgan fingerprint density at radius 2 is 2.00 bits per heavy atom. The summed E-state index contributed by atoms with van der Waals surface area (Å²) in [5.74, 6) is 0.149. The SMILES string of the molecule is COc1cccc(N2C[C@@H](C(=O)Nc3ccc(I)cc3)CC2=O)c1. The third kappa shape index (κ3) is 3.69. The molecular weight excluding hydrogens is 419 g/mol. The summed E-state index contributed by atoms with van der Waals surface area (Å²) in [6, 6.07) is 14.9. The van der Waals surface area contributed by atoms with Crippen molar-refractivity contribution in [2.45, 2.75) is 6.42 Å². The van der Waals surface area contributed by atoms with E-state index in [2.05, 4.69) is 27.9 Å². The summed E-state index contributed by atoms with van der Waals surface area (Å²) in [6.07, 6.45) is 0.216. The Balaban J connectivity index is 1.69. The molecule has 2 amide bonds. The molecular formula is C18H17IN2O3. The molecule has 1 atom stereocenters. The summed E-state index contributed by atoms with van der Waals surface area (Å²) in [7, 11) is 1.59. The molecule has 1 saturated heterocycles. The monoisotopic (exact) mass is 436 g/mol. The molecule has 0 aliphatic carbocycles. The maximum absolute atomic E-state index is 12.4. The number of hydrogen-bond donors (Lipinski definition) is 1. The minimum Gasteiger partial charge on any atom is -0.497 e. The van der Waals surface area contributed by atoms with Crippen LogP contribution in [0.1, 0.15) is 6.42 Å². The van der Waals surface area contributed by atoms with Crippen LogP contribution in [-0.4, -0.2) is 25.5 Å². The van der Waals surface area contributed by atoms with E-state index in [0.717, 1.165) is 14.9 Å². The molecule has 5 nitrogen and oxygen atoms in total. The van der Waals surface area contributed by atoms with E-state index in [9.17, 15) is 9.59 Å². The van der Waals surface area contributed by atoms with Gasteiger partial charge in [-0.2, -0.15) is 0 Å². The molecule has 0 saturated carbocycles. The van der Waals surface area contributed by atoms with Gasteiger partial charge in [-0.15, -0.1) is 0 Å². The fourth-order valence-electron chi connectivity index (χ4n) is 2.69. The number of rotatable bonds is 4. The Kier molecular flexibility index (Phi) is 5.03. The molecule has 0 aromatic heterocycles. The average Bonchev–Trinajstić information content (AvgIpc) is 2.99. The molecule has 2 aromatic carbocycles. The van der Waals surface area contributed by atoms with Crippen LogP contribution in [-0.2, 0) is 9.59 Å². The number of ether oxygens (including phenoxy) is 1. The number of methoxy groups -OCH3 is 1. The Labute approximate surface area is 154 Å². The first-order chi connectivity index (χ1) is 11.6. The van der Waals surface area contributed by atoms with Crippen molar-refractivity contribution in [1.82, 2.24) is 0 Å². The lowest BCUT2D eigenvalue weighted by molar-refractivity contribution is -0.122. The van der Waals surface area contributed by atoms with Gasteiger partial charge in [-0.25, -0.2) is 0 Å². The second kappa shape index (κ2) is 7.21. The normalized spacial score (nSPS) is 17.0. The summed E-state index contributed by atoms with van der Waals surface area (Å²) in [5, 5.41) is 2.88. The highest BCUT2D eigenvalue weighted by Gasteiger charge is 2.35. The fourth-order valence-corrected chi connectivity index (χ4v) is 3.05. The Bertz CT molecular complexity index is 761. The van der Waals surface area contributed by atoms with Gasteiger partial charge in [-0.1, -0.05) is 6.07 Å². The number of carbonyl (C=O) groups excluding carboxylic acids is 2. The standard InChI is InChI=1S/C18H17IN2O3/c1-24-16-4-2-3-15(10-16)21-11-12(9-17(21)22)18(23)20-14-7-5-13(19)6-8-14/h2-8,10,12H,9,11H2,1H3,(H,20,23)/t12-/m0/s1. The Morgan fingerprint density at radius 3 is 2.71 bits per heavy atom. The molecule has 1 N–H and O–H groups in total. The van der Waals surface area contributed by atoms with Crippen molar-refractivity contribution in [2.24, 2.45) is 5.92 Å². The number of halogens is 1. The van der Waals surface area contributed by atoms with Crippen LogP contribution in [0.5, 0.6) is 5.75 Å². The number of nitrogens with zero attached hydrogens (tertiary/aromatic N) is 1. The predicted octanol–water partition coefficient (Wildman–Crippen LogP) is 3.29. The molecule has 1 aliphatic heterocycles. The highest BCUT2D eigenvalue weighted by molar-refractivity contribution is 14.1. The van der Waals surface area contributed by atoms with Crippen LogP contribution in [0, 0.1) is 9.49 Å². The summed E-state index contributed by atoms with van der Waals surface area (Å²) in [4.78, 5) is 26.4. The lowest BCUT2D eigenvalue weighted by Crippen LogP contribution is -2.28. The van der Waals surface area contributed by atoms with E-state index in [1.54, 1.807) is 18.1 Å². The number of hydrogen-bond acceptors (Lipinski definition) is 3. The number of benzene rings is 2. The van der Waals surface area contributed by atoms with E-state index < -0.39 is 0 Å². The summed E-state index contributed by atoms with van der Waals surface area (Å²) in [5.41, 5.74) is 1.50. The van der Waals surface area contributed by atoms with Gasteiger partial charge in [0.1, 0.15) is 5.75 Å². The molecule has 1 heterocycles. The second-order valence-electron chi connectivity index (χ2n) is 5.60. The van der Waals surface area contributed by atoms with Crippen molar-refractivity contribution in [3.05, 3.63) is 52.1 Å². The van der Waals surface area contributed by atoms with Crippen LogP contribution >= 0.6 is 22.6 Å². The molecule has 0 bridgehead atoms. The van der Waals surface area contributed by atoms with Crippen molar-refractivity contribution in [3.63, 3.8) is 0 Å².